The van der Waals surface area contributed by atoms with Gasteiger partial charge >= 0.3 is 12.1 Å². The van der Waals surface area contributed by atoms with Gasteiger partial charge in [-0.05, 0) is 42.7 Å². The Morgan fingerprint density at radius 3 is 2.20 bits per heavy atom. The molecule has 0 spiro atoms. The molecule has 0 saturated heterocycles. The molecule has 12 heteroatoms. The number of halogens is 5. The van der Waals surface area contributed by atoms with Crippen molar-refractivity contribution in [2.75, 3.05) is 26.1 Å². The zero-order chi connectivity index (χ0) is 30.9. The number of rotatable bonds is 10. The second-order valence-electron chi connectivity index (χ2n) is 7.05. The number of carbonyl (C=O) groups is 1. The number of aromatic nitrogens is 2. The van der Waals surface area contributed by atoms with Gasteiger partial charge in [-0.25, -0.2) is 9.78 Å². The predicted molar refractivity (Wildman–Crippen MR) is 154 cm³/mol. The Morgan fingerprint density at radius 1 is 1.05 bits per heavy atom. The SMILES string of the molecule is CC.CC.C\C=C(COc1cc(C(F)(F)F)nc(Nc2ccc(Cl)cc2Cl)n1)/C(=C\CC)C(=C\OC)/C(=O)OC. The molecular formula is C28H36Cl2F3N3O4. The Balaban J connectivity index is 0.00000363. The number of hydrogen-bond donors (Lipinski definition) is 1. The van der Waals surface area contributed by atoms with Crippen molar-refractivity contribution in [3.63, 3.8) is 0 Å². The highest BCUT2D eigenvalue weighted by molar-refractivity contribution is 6.36. The maximum Gasteiger partial charge on any atom is 0.433 e. The Morgan fingerprint density at radius 2 is 1.70 bits per heavy atom. The summed E-state index contributed by atoms with van der Waals surface area (Å²) < 4.78 is 56.0. The number of nitrogens with one attached hydrogen (secondary N) is 1. The quantitative estimate of drug-likeness (QED) is 0.125. The first-order valence-electron chi connectivity index (χ1n) is 12.5. The predicted octanol–water partition coefficient (Wildman–Crippen LogP) is 8.96. The van der Waals surface area contributed by atoms with Crippen molar-refractivity contribution in [3.05, 3.63) is 75.1 Å². The molecule has 0 radical (unpaired) electrons. The second kappa shape index (κ2) is 18.9. The molecule has 0 bridgehead atoms. The third kappa shape index (κ3) is 11.5. The molecule has 0 atom stereocenters. The highest BCUT2D eigenvalue weighted by atomic mass is 35.5. The van der Waals surface area contributed by atoms with Gasteiger partial charge in [0.15, 0.2) is 5.69 Å². The second-order valence-corrected chi connectivity index (χ2v) is 7.89. The van der Waals surface area contributed by atoms with Crippen LogP contribution >= 0.6 is 23.2 Å². The topological polar surface area (TPSA) is 82.6 Å². The smallest absolute Gasteiger partial charge is 0.433 e. The Hall–Kier alpha value is -3.24. The van der Waals surface area contributed by atoms with Gasteiger partial charge in [-0.1, -0.05) is 70.0 Å². The fraction of sp³-hybridized carbons (Fsp3) is 0.393. The molecule has 2 aromatic rings. The number of ether oxygens (including phenoxy) is 3. The average Bonchev–Trinajstić information content (AvgIpc) is 2.94. The van der Waals surface area contributed by atoms with Gasteiger partial charge in [-0.15, -0.1) is 0 Å². The molecule has 2 rings (SSSR count). The van der Waals surface area contributed by atoms with Crippen LogP contribution in [0.2, 0.25) is 10.0 Å². The first kappa shape index (κ1) is 36.8. The standard InChI is InChI=1S/C24H24Cl2F3N3O4.2C2H6/c1-5-7-16(17(13-34-3)22(33)35-4)14(6-2)12-36-21-11-20(24(27,28)29)31-23(32-21)30-19-9-8-15(25)10-18(19)26;2*1-2/h6-11,13H,5,12H2,1-4H3,(H,30,31,32);2*1-2H3/b14-6-,16-7+,17-13+;;. The number of esters is 1. The lowest BCUT2D eigenvalue weighted by Crippen LogP contribution is -2.15. The van der Waals surface area contributed by atoms with Crippen LogP contribution in [0.3, 0.4) is 0 Å². The number of carbonyl (C=O) groups excluding carboxylic acids is 1. The van der Waals surface area contributed by atoms with E-state index in [2.05, 4.69) is 15.3 Å². The Kier molecular flexibility index (Phi) is 17.4. The third-order valence-electron chi connectivity index (χ3n) is 4.58. The molecule has 222 valence electrons. The van der Waals surface area contributed by atoms with Gasteiger partial charge in [0.05, 0.1) is 31.2 Å². The van der Waals surface area contributed by atoms with E-state index in [1.807, 2.05) is 34.6 Å². The normalized spacial score (nSPS) is 11.9. The molecule has 0 fully saturated rings. The van der Waals surface area contributed by atoms with Gasteiger partial charge in [0.2, 0.25) is 11.8 Å². The number of allylic oxidation sites excluding steroid dienone is 2. The lowest BCUT2D eigenvalue weighted by atomic mass is 9.97. The molecule has 1 heterocycles. The Bertz CT molecular complexity index is 1180. The highest BCUT2D eigenvalue weighted by Crippen LogP contribution is 2.33. The molecule has 1 aromatic heterocycles. The monoisotopic (exact) mass is 605 g/mol. The summed E-state index contributed by atoms with van der Waals surface area (Å²) in [6.07, 6.45) is 0.411. The maximum absolute atomic E-state index is 13.5. The first-order chi connectivity index (χ1) is 19.0. The molecule has 40 heavy (non-hydrogen) atoms. The molecule has 1 aromatic carbocycles. The molecule has 0 amide bonds. The summed E-state index contributed by atoms with van der Waals surface area (Å²) in [5.74, 6) is -1.39. The minimum atomic E-state index is -4.77. The van der Waals surface area contributed by atoms with Crippen molar-refractivity contribution < 1.29 is 32.2 Å². The summed E-state index contributed by atoms with van der Waals surface area (Å²) in [5, 5.41) is 3.16. The highest BCUT2D eigenvalue weighted by Gasteiger charge is 2.34. The summed E-state index contributed by atoms with van der Waals surface area (Å²) in [7, 11) is 2.60. The van der Waals surface area contributed by atoms with Crippen molar-refractivity contribution in [2.24, 2.45) is 0 Å². The van der Waals surface area contributed by atoms with Crippen LogP contribution in [0.5, 0.6) is 5.88 Å². The number of alkyl halides is 3. The van der Waals surface area contributed by atoms with Crippen molar-refractivity contribution in [2.45, 2.75) is 54.1 Å². The summed E-state index contributed by atoms with van der Waals surface area (Å²) in [5.41, 5.74) is 0.0945. The van der Waals surface area contributed by atoms with Gasteiger partial charge in [0.1, 0.15) is 12.2 Å². The lowest BCUT2D eigenvalue weighted by Gasteiger charge is -2.16. The summed E-state index contributed by atoms with van der Waals surface area (Å²) in [6.45, 7) is 11.3. The zero-order valence-electron chi connectivity index (χ0n) is 23.9. The zero-order valence-corrected chi connectivity index (χ0v) is 25.4. The largest absolute Gasteiger partial charge is 0.503 e. The maximum atomic E-state index is 13.5. The lowest BCUT2D eigenvalue weighted by molar-refractivity contribution is -0.141. The van der Waals surface area contributed by atoms with Crippen molar-refractivity contribution in [3.8, 4) is 5.88 Å². The van der Waals surface area contributed by atoms with E-state index < -0.39 is 17.8 Å². The van der Waals surface area contributed by atoms with Gasteiger partial charge in [-0.2, -0.15) is 18.2 Å². The molecule has 0 aliphatic carbocycles. The molecule has 0 aliphatic heterocycles. The van der Waals surface area contributed by atoms with E-state index in [0.29, 0.717) is 28.7 Å². The van der Waals surface area contributed by atoms with Crippen LogP contribution in [-0.4, -0.2) is 36.8 Å². The Labute approximate surface area is 244 Å². The third-order valence-corrected chi connectivity index (χ3v) is 5.13. The van der Waals surface area contributed by atoms with E-state index in [9.17, 15) is 18.0 Å². The fourth-order valence-corrected chi connectivity index (χ4v) is 3.40. The molecule has 0 unspecified atom stereocenters. The van der Waals surface area contributed by atoms with Crippen LogP contribution in [0.15, 0.2) is 59.4 Å². The fourth-order valence-electron chi connectivity index (χ4n) is 2.95. The van der Waals surface area contributed by atoms with E-state index in [0.717, 1.165) is 0 Å². The van der Waals surface area contributed by atoms with Gasteiger partial charge in [0, 0.05) is 11.1 Å². The number of hydrogen-bond acceptors (Lipinski definition) is 7. The van der Waals surface area contributed by atoms with Crippen LogP contribution in [0.1, 0.15) is 53.7 Å². The van der Waals surface area contributed by atoms with Crippen molar-refractivity contribution >= 4 is 40.8 Å². The van der Waals surface area contributed by atoms with E-state index in [1.165, 1.54) is 38.7 Å². The minimum Gasteiger partial charge on any atom is -0.503 e. The summed E-state index contributed by atoms with van der Waals surface area (Å²) >= 11 is 12.0. The molecule has 0 saturated carbocycles. The van der Waals surface area contributed by atoms with Crippen LogP contribution in [-0.2, 0) is 20.4 Å². The van der Waals surface area contributed by atoms with Crippen molar-refractivity contribution in [1.29, 1.82) is 0 Å². The number of anilines is 2. The van der Waals surface area contributed by atoms with E-state index in [4.69, 9.17) is 37.4 Å². The van der Waals surface area contributed by atoms with E-state index in [1.54, 1.807) is 19.1 Å². The number of methoxy groups -OCH3 is 2. The van der Waals surface area contributed by atoms with E-state index >= 15 is 0 Å². The molecule has 0 aliphatic rings. The number of nitrogens with zero attached hydrogens (tertiary/aromatic N) is 2. The van der Waals surface area contributed by atoms with Crippen molar-refractivity contribution in [1.82, 2.24) is 9.97 Å². The van der Waals surface area contributed by atoms with Gasteiger partial charge in [0.25, 0.3) is 0 Å². The molecular weight excluding hydrogens is 570 g/mol. The van der Waals surface area contributed by atoms with Crippen LogP contribution in [0.4, 0.5) is 24.8 Å². The summed E-state index contributed by atoms with van der Waals surface area (Å²) in [4.78, 5) is 19.8. The molecule has 1 N–H and O–H groups in total. The van der Waals surface area contributed by atoms with E-state index in [-0.39, 0.29) is 34.7 Å². The first-order valence-corrected chi connectivity index (χ1v) is 13.3. The van der Waals surface area contributed by atoms with Gasteiger partial charge in [-0.3, -0.25) is 0 Å². The summed E-state index contributed by atoms with van der Waals surface area (Å²) in [6, 6.07) is 5.08. The van der Waals surface area contributed by atoms with Crippen LogP contribution in [0, 0.1) is 0 Å². The molecule has 7 nitrogen and oxygen atoms in total. The minimum absolute atomic E-state index is 0.122. The van der Waals surface area contributed by atoms with Crippen LogP contribution in [0.25, 0.3) is 0 Å². The van der Waals surface area contributed by atoms with Gasteiger partial charge < -0.3 is 19.5 Å². The average molecular weight is 607 g/mol. The number of benzene rings is 1. The van der Waals surface area contributed by atoms with Crippen LogP contribution < -0.4 is 10.1 Å².